The summed E-state index contributed by atoms with van der Waals surface area (Å²) in [5.74, 6) is -2.41. The van der Waals surface area contributed by atoms with Crippen LogP contribution in [0, 0.1) is 11.6 Å². The van der Waals surface area contributed by atoms with Crippen molar-refractivity contribution in [2.75, 3.05) is 12.4 Å². The van der Waals surface area contributed by atoms with Crippen molar-refractivity contribution in [3.63, 3.8) is 0 Å². The minimum absolute atomic E-state index is 0.0421. The number of halogens is 3. The second-order valence-electron chi connectivity index (χ2n) is 2.56. The predicted molar refractivity (Wildman–Crippen MR) is 61.0 cm³/mol. The van der Waals surface area contributed by atoms with Gasteiger partial charge in [0.15, 0.2) is 16.7 Å². The van der Waals surface area contributed by atoms with E-state index in [1.807, 2.05) is 0 Å². The van der Waals surface area contributed by atoms with Gasteiger partial charge < -0.3 is 15.8 Å². The Morgan fingerprint density at radius 2 is 2.13 bits per heavy atom. The number of rotatable bonds is 2. The van der Waals surface area contributed by atoms with Crippen molar-refractivity contribution >= 4 is 38.9 Å². The Labute approximate surface area is 98.7 Å². The van der Waals surface area contributed by atoms with Gasteiger partial charge in [0, 0.05) is 0 Å². The van der Waals surface area contributed by atoms with Crippen LogP contribution >= 0.6 is 28.1 Å². The molecule has 82 valence electrons. The Hall–Kier alpha value is -0.950. The van der Waals surface area contributed by atoms with E-state index in [9.17, 15) is 8.78 Å². The van der Waals surface area contributed by atoms with Gasteiger partial charge in [0.1, 0.15) is 0 Å². The maximum atomic E-state index is 13.3. The van der Waals surface area contributed by atoms with Gasteiger partial charge in [-0.15, -0.1) is 0 Å². The van der Waals surface area contributed by atoms with Gasteiger partial charge >= 0.3 is 0 Å². The van der Waals surface area contributed by atoms with Crippen molar-refractivity contribution in [1.82, 2.24) is 0 Å². The summed E-state index contributed by atoms with van der Waals surface area (Å²) in [7, 11) is 1.22. The summed E-state index contributed by atoms with van der Waals surface area (Å²) >= 11 is 7.44. The molecule has 0 aliphatic carbocycles. The second kappa shape index (κ2) is 4.71. The fourth-order valence-corrected chi connectivity index (χ4v) is 1.52. The second-order valence-corrected chi connectivity index (χ2v) is 3.85. The lowest BCUT2D eigenvalue weighted by Crippen LogP contribution is -2.19. The number of hydrogen-bond acceptors (Lipinski definition) is 2. The van der Waals surface area contributed by atoms with Gasteiger partial charge in [0.05, 0.1) is 17.3 Å². The third kappa shape index (κ3) is 2.54. The predicted octanol–water partition coefficient (Wildman–Crippen LogP) is 2.39. The Morgan fingerprint density at radius 3 is 2.60 bits per heavy atom. The van der Waals surface area contributed by atoms with Crippen molar-refractivity contribution in [3.8, 4) is 5.75 Å². The first kappa shape index (κ1) is 12.1. The molecule has 0 saturated carbocycles. The van der Waals surface area contributed by atoms with Gasteiger partial charge in [0.2, 0.25) is 5.82 Å². The molecule has 0 heterocycles. The topological polar surface area (TPSA) is 47.3 Å². The van der Waals surface area contributed by atoms with E-state index < -0.39 is 11.6 Å². The van der Waals surface area contributed by atoms with Crippen molar-refractivity contribution in [1.29, 1.82) is 0 Å². The largest absolute Gasteiger partial charge is 0.491 e. The fraction of sp³-hybridized carbons (Fsp3) is 0.125. The van der Waals surface area contributed by atoms with Gasteiger partial charge in [0.25, 0.3) is 0 Å². The summed E-state index contributed by atoms with van der Waals surface area (Å²) in [5.41, 5.74) is 5.38. The fourth-order valence-electron chi connectivity index (χ4n) is 1.00. The van der Waals surface area contributed by atoms with Crippen LogP contribution < -0.4 is 15.8 Å². The van der Waals surface area contributed by atoms with E-state index in [4.69, 9.17) is 10.5 Å². The van der Waals surface area contributed by atoms with Crippen LogP contribution in [0.25, 0.3) is 0 Å². The molecule has 15 heavy (non-hydrogen) atoms. The first-order valence-electron chi connectivity index (χ1n) is 3.75. The highest BCUT2D eigenvalue weighted by Crippen LogP contribution is 2.34. The molecule has 0 aliphatic heterocycles. The summed E-state index contributed by atoms with van der Waals surface area (Å²) in [6, 6.07) is 1.29. The molecule has 1 aromatic rings. The van der Waals surface area contributed by atoms with E-state index in [1.54, 1.807) is 0 Å². The number of benzene rings is 1. The quantitative estimate of drug-likeness (QED) is 0.650. The Bertz CT molecular complexity index is 414. The molecule has 0 atom stereocenters. The molecular weight excluding hydrogens is 290 g/mol. The third-order valence-corrected chi connectivity index (χ3v) is 2.26. The molecule has 3 N–H and O–H groups in total. The zero-order chi connectivity index (χ0) is 11.6. The number of hydrogen-bond donors (Lipinski definition) is 2. The Morgan fingerprint density at radius 1 is 1.53 bits per heavy atom. The number of nitrogens with one attached hydrogen (secondary N) is 1. The van der Waals surface area contributed by atoms with Gasteiger partial charge in [-0.1, -0.05) is 0 Å². The first-order valence-corrected chi connectivity index (χ1v) is 4.95. The molecule has 1 rings (SSSR count). The van der Waals surface area contributed by atoms with E-state index in [2.05, 4.69) is 33.5 Å². The van der Waals surface area contributed by atoms with Crippen molar-refractivity contribution in [3.05, 3.63) is 22.2 Å². The van der Waals surface area contributed by atoms with Crippen LogP contribution in [0.1, 0.15) is 0 Å². The minimum Gasteiger partial charge on any atom is -0.491 e. The minimum atomic E-state index is -1.11. The van der Waals surface area contributed by atoms with Crippen molar-refractivity contribution in [2.45, 2.75) is 0 Å². The maximum Gasteiger partial charge on any atom is 0.203 e. The van der Waals surface area contributed by atoms with Gasteiger partial charge in [-0.3, -0.25) is 0 Å². The molecule has 0 aliphatic rings. The number of ether oxygens (including phenoxy) is 1. The number of nitrogens with two attached hydrogens (primary N) is 1. The molecule has 1 aromatic carbocycles. The zero-order valence-corrected chi connectivity index (χ0v) is 10.0. The van der Waals surface area contributed by atoms with Crippen LogP contribution in [-0.4, -0.2) is 12.2 Å². The van der Waals surface area contributed by atoms with E-state index in [1.165, 1.54) is 13.2 Å². The summed E-state index contributed by atoms with van der Waals surface area (Å²) in [6.07, 6.45) is 0. The molecule has 0 bridgehead atoms. The van der Waals surface area contributed by atoms with E-state index >= 15 is 0 Å². The number of thiocarbonyl (C=S) groups is 1. The summed E-state index contributed by atoms with van der Waals surface area (Å²) in [4.78, 5) is 0. The van der Waals surface area contributed by atoms with Crippen molar-refractivity contribution < 1.29 is 13.5 Å². The molecular formula is C8H7BrF2N2OS. The first-order chi connectivity index (χ1) is 6.97. The highest BCUT2D eigenvalue weighted by atomic mass is 79.9. The van der Waals surface area contributed by atoms with E-state index in [0.29, 0.717) is 0 Å². The molecule has 0 amide bonds. The van der Waals surface area contributed by atoms with Gasteiger partial charge in [-0.05, 0) is 34.2 Å². The monoisotopic (exact) mass is 296 g/mol. The van der Waals surface area contributed by atoms with Crippen LogP contribution in [0.4, 0.5) is 14.5 Å². The Balaban J connectivity index is 3.31. The zero-order valence-electron chi connectivity index (χ0n) is 7.61. The normalized spacial score (nSPS) is 9.87. The number of anilines is 1. The molecule has 0 fully saturated rings. The maximum absolute atomic E-state index is 13.3. The average molecular weight is 297 g/mol. The highest BCUT2D eigenvalue weighted by molar-refractivity contribution is 9.10. The molecule has 0 spiro atoms. The molecule has 0 aromatic heterocycles. The van der Waals surface area contributed by atoms with Crippen molar-refractivity contribution in [2.24, 2.45) is 5.73 Å². The molecule has 0 unspecified atom stereocenters. The number of methoxy groups -OCH3 is 1. The lowest BCUT2D eigenvalue weighted by Gasteiger charge is -2.11. The van der Waals surface area contributed by atoms with Crippen LogP contribution in [-0.2, 0) is 0 Å². The standard InChI is InChI=1S/C8H7BrF2N2OS/c1-14-7-4(13-8(12)15)2-3(9)5(10)6(7)11/h2H,1H3,(H3,12,13,15). The van der Waals surface area contributed by atoms with E-state index in [-0.39, 0.29) is 21.0 Å². The smallest absolute Gasteiger partial charge is 0.203 e. The average Bonchev–Trinajstić information content (AvgIpc) is 2.14. The lowest BCUT2D eigenvalue weighted by molar-refractivity contribution is 0.373. The van der Waals surface area contributed by atoms with E-state index in [0.717, 1.165) is 0 Å². The SMILES string of the molecule is COc1c(NC(N)=S)cc(Br)c(F)c1F. The van der Waals surface area contributed by atoms with Crippen LogP contribution in [0.5, 0.6) is 5.75 Å². The molecule has 3 nitrogen and oxygen atoms in total. The Kier molecular flexibility index (Phi) is 3.81. The molecule has 7 heteroatoms. The van der Waals surface area contributed by atoms with Crippen LogP contribution in [0.15, 0.2) is 10.5 Å². The summed E-state index contributed by atoms with van der Waals surface area (Å²) in [5, 5.41) is 2.42. The lowest BCUT2D eigenvalue weighted by atomic mass is 10.2. The highest BCUT2D eigenvalue weighted by Gasteiger charge is 2.18. The third-order valence-electron chi connectivity index (χ3n) is 1.58. The molecule has 0 radical (unpaired) electrons. The van der Waals surface area contributed by atoms with Crippen LogP contribution in [0.3, 0.4) is 0 Å². The van der Waals surface area contributed by atoms with Gasteiger partial charge in [-0.2, -0.15) is 4.39 Å². The summed E-state index contributed by atoms with van der Waals surface area (Å²) in [6.45, 7) is 0. The van der Waals surface area contributed by atoms with Crippen LogP contribution in [0.2, 0.25) is 0 Å². The van der Waals surface area contributed by atoms with Gasteiger partial charge in [-0.25, -0.2) is 4.39 Å². The summed E-state index contributed by atoms with van der Waals surface area (Å²) < 4.78 is 31.1. The molecule has 0 saturated heterocycles.